The third-order valence-electron chi connectivity index (χ3n) is 4.28. The van der Waals surface area contributed by atoms with Gasteiger partial charge in [0.2, 0.25) is 0 Å². The SMILES string of the molecule is CN=C(NCc1ccc(C(=O)N(C)C)cc1)NCc1ccccc1OCC(C)C. The summed E-state index contributed by atoms with van der Waals surface area (Å²) >= 11 is 0. The van der Waals surface area contributed by atoms with Gasteiger partial charge in [-0.15, -0.1) is 0 Å². The third kappa shape index (κ3) is 7.14. The summed E-state index contributed by atoms with van der Waals surface area (Å²) in [4.78, 5) is 17.8. The number of para-hydroxylation sites is 1. The van der Waals surface area contributed by atoms with Gasteiger partial charge >= 0.3 is 0 Å². The largest absolute Gasteiger partial charge is 0.493 e. The fraction of sp³-hybridized carbons (Fsp3) is 0.391. The van der Waals surface area contributed by atoms with Crippen molar-refractivity contribution < 1.29 is 9.53 Å². The van der Waals surface area contributed by atoms with Gasteiger partial charge in [-0.25, -0.2) is 0 Å². The number of guanidine groups is 1. The summed E-state index contributed by atoms with van der Waals surface area (Å²) < 4.78 is 5.91. The average Bonchev–Trinajstić information content (AvgIpc) is 2.72. The number of nitrogens with one attached hydrogen (secondary N) is 2. The Bertz CT molecular complexity index is 814. The molecule has 0 spiro atoms. The molecule has 0 aromatic heterocycles. The van der Waals surface area contributed by atoms with Crippen LogP contribution in [0.15, 0.2) is 53.5 Å². The van der Waals surface area contributed by atoms with Gasteiger partial charge in [-0.05, 0) is 29.7 Å². The topological polar surface area (TPSA) is 66.0 Å². The predicted octanol–water partition coefficient (Wildman–Crippen LogP) is 3.29. The lowest BCUT2D eigenvalue weighted by Gasteiger charge is -2.16. The molecule has 0 aliphatic carbocycles. The van der Waals surface area contributed by atoms with Crippen LogP contribution in [0.3, 0.4) is 0 Å². The van der Waals surface area contributed by atoms with Crippen molar-refractivity contribution in [1.82, 2.24) is 15.5 Å². The molecular weight excluding hydrogens is 364 g/mol. The molecule has 0 heterocycles. The van der Waals surface area contributed by atoms with Gasteiger partial charge in [0.25, 0.3) is 5.91 Å². The Morgan fingerprint density at radius 3 is 2.31 bits per heavy atom. The molecule has 156 valence electrons. The second kappa shape index (κ2) is 11.1. The Hall–Kier alpha value is -3.02. The molecule has 6 heteroatoms. The number of carbonyl (C=O) groups is 1. The molecule has 2 aromatic rings. The summed E-state index contributed by atoms with van der Waals surface area (Å²) in [6, 6.07) is 15.6. The van der Waals surface area contributed by atoms with Gasteiger partial charge in [0.05, 0.1) is 6.61 Å². The highest BCUT2D eigenvalue weighted by atomic mass is 16.5. The van der Waals surface area contributed by atoms with E-state index in [1.54, 1.807) is 26.0 Å². The number of rotatable bonds is 8. The number of carbonyl (C=O) groups excluding carboxylic acids is 1. The van der Waals surface area contributed by atoms with Gasteiger partial charge in [0.15, 0.2) is 5.96 Å². The zero-order valence-corrected chi connectivity index (χ0v) is 18.0. The van der Waals surface area contributed by atoms with Crippen molar-refractivity contribution in [1.29, 1.82) is 0 Å². The van der Waals surface area contributed by atoms with Crippen LogP contribution >= 0.6 is 0 Å². The summed E-state index contributed by atoms with van der Waals surface area (Å²) in [7, 11) is 5.24. The molecule has 0 bridgehead atoms. The van der Waals surface area contributed by atoms with Crippen molar-refractivity contribution in [2.75, 3.05) is 27.7 Å². The number of hydrogen-bond acceptors (Lipinski definition) is 3. The van der Waals surface area contributed by atoms with E-state index in [1.165, 1.54) is 0 Å². The van der Waals surface area contributed by atoms with E-state index >= 15 is 0 Å². The fourth-order valence-corrected chi connectivity index (χ4v) is 2.66. The molecule has 6 nitrogen and oxygen atoms in total. The molecule has 0 saturated heterocycles. The van der Waals surface area contributed by atoms with Crippen molar-refractivity contribution in [3.8, 4) is 5.75 Å². The van der Waals surface area contributed by atoms with Crippen LogP contribution in [0.5, 0.6) is 5.75 Å². The van der Waals surface area contributed by atoms with E-state index in [4.69, 9.17) is 4.74 Å². The van der Waals surface area contributed by atoms with Crippen LogP contribution in [0.2, 0.25) is 0 Å². The molecule has 29 heavy (non-hydrogen) atoms. The van der Waals surface area contributed by atoms with Crippen LogP contribution < -0.4 is 15.4 Å². The Labute approximate surface area is 174 Å². The average molecular weight is 397 g/mol. The van der Waals surface area contributed by atoms with Gasteiger partial charge in [-0.3, -0.25) is 9.79 Å². The van der Waals surface area contributed by atoms with Crippen molar-refractivity contribution in [3.63, 3.8) is 0 Å². The molecule has 0 aliphatic rings. The zero-order chi connectivity index (χ0) is 21.2. The minimum absolute atomic E-state index is 0.000312. The van der Waals surface area contributed by atoms with Crippen molar-refractivity contribution in [3.05, 3.63) is 65.2 Å². The summed E-state index contributed by atoms with van der Waals surface area (Å²) in [6.07, 6.45) is 0. The Morgan fingerprint density at radius 2 is 1.69 bits per heavy atom. The van der Waals surface area contributed by atoms with E-state index in [-0.39, 0.29) is 5.91 Å². The molecule has 0 saturated carbocycles. The minimum Gasteiger partial charge on any atom is -0.493 e. The van der Waals surface area contributed by atoms with E-state index in [1.807, 2.05) is 42.5 Å². The van der Waals surface area contributed by atoms with Crippen LogP contribution in [0.25, 0.3) is 0 Å². The number of ether oxygens (including phenoxy) is 1. The standard InChI is InChI=1S/C23H32N4O2/c1-17(2)16-29-21-9-7-6-8-20(21)15-26-23(24-3)25-14-18-10-12-19(13-11-18)22(28)27(4)5/h6-13,17H,14-16H2,1-5H3,(H2,24,25,26). The molecule has 0 radical (unpaired) electrons. The van der Waals surface area contributed by atoms with Gasteiger partial charge < -0.3 is 20.3 Å². The van der Waals surface area contributed by atoms with Crippen molar-refractivity contribution in [2.45, 2.75) is 26.9 Å². The Balaban J connectivity index is 1.90. The van der Waals surface area contributed by atoms with E-state index in [0.717, 1.165) is 16.9 Å². The summed E-state index contributed by atoms with van der Waals surface area (Å²) in [5, 5.41) is 6.63. The number of hydrogen-bond donors (Lipinski definition) is 2. The fourth-order valence-electron chi connectivity index (χ4n) is 2.66. The lowest BCUT2D eigenvalue weighted by molar-refractivity contribution is 0.0827. The molecule has 2 N–H and O–H groups in total. The van der Waals surface area contributed by atoms with Crippen molar-refractivity contribution >= 4 is 11.9 Å². The van der Waals surface area contributed by atoms with Gasteiger partial charge in [0.1, 0.15) is 5.75 Å². The quantitative estimate of drug-likeness (QED) is 0.531. The van der Waals surface area contributed by atoms with Gasteiger partial charge in [-0.2, -0.15) is 0 Å². The van der Waals surface area contributed by atoms with Crippen LogP contribution in [0, 0.1) is 5.92 Å². The van der Waals surface area contributed by atoms with Crippen molar-refractivity contribution in [2.24, 2.45) is 10.9 Å². The van der Waals surface area contributed by atoms with Gasteiger partial charge in [0, 0.05) is 45.4 Å². The van der Waals surface area contributed by atoms with Crippen LogP contribution in [0.4, 0.5) is 0 Å². The zero-order valence-electron chi connectivity index (χ0n) is 18.0. The second-order valence-electron chi connectivity index (χ2n) is 7.49. The first-order valence-corrected chi connectivity index (χ1v) is 9.86. The summed E-state index contributed by atoms with van der Waals surface area (Å²) in [5.74, 6) is 2.08. The highest BCUT2D eigenvalue weighted by molar-refractivity contribution is 5.93. The maximum atomic E-state index is 12.0. The molecule has 2 rings (SSSR count). The second-order valence-corrected chi connectivity index (χ2v) is 7.49. The molecule has 0 aliphatic heterocycles. The molecule has 1 amide bonds. The first-order valence-electron chi connectivity index (χ1n) is 9.86. The monoisotopic (exact) mass is 396 g/mol. The van der Waals surface area contributed by atoms with Crippen LogP contribution in [-0.4, -0.2) is 44.5 Å². The number of benzene rings is 2. The molecule has 2 aromatic carbocycles. The first kappa shape index (κ1) is 22.3. The first-order chi connectivity index (χ1) is 13.9. The Kier molecular flexibility index (Phi) is 8.52. The molecule has 0 atom stereocenters. The summed E-state index contributed by atoms with van der Waals surface area (Å²) in [6.45, 7) is 6.19. The highest BCUT2D eigenvalue weighted by Gasteiger charge is 2.08. The van der Waals surface area contributed by atoms with E-state index in [0.29, 0.717) is 37.1 Å². The van der Waals surface area contributed by atoms with E-state index in [2.05, 4.69) is 35.5 Å². The maximum absolute atomic E-state index is 12.0. The molecular formula is C23H32N4O2. The third-order valence-corrected chi connectivity index (χ3v) is 4.28. The highest BCUT2D eigenvalue weighted by Crippen LogP contribution is 2.18. The smallest absolute Gasteiger partial charge is 0.253 e. The maximum Gasteiger partial charge on any atom is 0.253 e. The van der Waals surface area contributed by atoms with E-state index in [9.17, 15) is 4.79 Å². The normalized spacial score (nSPS) is 11.3. The van der Waals surface area contributed by atoms with Crippen LogP contribution in [-0.2, 0) is 13.1 Å². The number of amides is 1. The summed E-state index contributed by atoms with van der Waals surface area (Å²) in [5.41, 5.74) is 2.84. The van der Waals surface area contributed by atoms with Crippen LogP contribution in [0.1, 0.15) is 35.3 Å². The number of aliphatic imine (C=N–C) groups is 1. The lowest BCUT2D eigenvalue weighted by atomic mass is 10.1. The van der Waals surface area contributed by atoms with E-state index < -0.39 is 0 Å². The lowest BCUT2D eigenvalue weighted by Crippen LogP contribution is -2.36. The number of nitrogens with zero attached hydrogens (tertiary/aromatic N) is 2. The Morgan fingerprint density at radius 1 is 1.03 bits per heavy atom. The molecule has 0 unspecified atom stereocenters. The predicted molar refractivity (Wildman–Crippen MR) is 118 cm³/mol. The van der Waals surface area contributed by atoms with Gasteiger partial charge in [-0.1, -0.05) is 44.2 Å². The minimum atomic E-state index is 0.000312. The molecule has 0 fully saturated rings.